The summed E-state index contributed by atoms with van der Waals surface area (Å²) >= 11 is 0. The lowest BCUT2D eigenvalue weighted by molar-refractivity contribution is -0.132. The third-order valence-electron chi connectivity index (χ3n) is 5.15. The molecule has 25 heavy (non-hydrogen) atoms. The average Bonchev–Trinajstić information content (AvgIpc) is 3.33. The van der Waals surface area contributed by atoms with Crippen molar-refractivity contribution in [3.8, 4) is 0 Å². The summed E-state index contributed by atoms with van der Waals surface area (Å²) in [6.45, 7) is 0.654. The third kappa shape index (κ3) is 2.80. The monoisotopic (exact) mass is 337 g/mol. The molecule has 1 N–H and O–H groups in total. The molecule has 128 valence electrons. The van der Waals surface area contributed by atoms with Gasteiger partial charge in [0.15, 0.2) is 0 Å². The lowest BCUT2D eigenvalue weighted by Crippen LogP contribution is -2.37. The van der Waals surface area contributed by atoms with Crippen LogP contribution < -0.4 is 0 Å². The lowest BCUT2D eigenvalue weighted by Gasteiger charge is -2.23. The van der Waals surface area contributed by atoms with E-state index in [4.69, 9.17) is 0 Å². The summed E-state index contributed by atoms with van der Waals surface area (Å²) in [5, 5.41) is 0.813. The number of carbonyl (C=O) groups is 1. The van der Waals surface area contributed by atoms with Gasteiger partial charge in [-0.1, -0.05) is 0 Å². The Morgan fingerprint density at radius 3 is 2.76 bits per heavy atom. The van der Waals surface area contributed by atoms with Crippen molar-refractivity contribution in [2.75, 3.05) is 13.6 Å². The quantitative estimate of drug-likeness (QED) is 0.775. The van der Waals surface area contributed by atoms with E-state index < -0.39 is 5.41 Å². The zero-order valence-electron chi connectivity index (χ0n) is 14.1. The van der Waals surface area contributed by atoms with Gasteiger partial charge in [0, 0.05) is 43.1 Å². The number of carbonyl (C=O) groups excluding carboxylic acids is 1. The SMILES string of the molecule is CN(CCc1ccncc1)C(=O)C1(c2c[nH]c3ccc(F)cc23)CC1. The van der Waals surface area contributed by atoms with Crippen LogP contribution in [0.25, 0.3) is 10.9 Å². The second-order valence-corrected chi connectivity index (χ2v) is 6.81. The van der Waals surface area contributed by atoms with E-state index in [1.54, 1.807) is 23.4 Å². The van der Waals surface area contributed by atoms with Crippen molar-refractivity contribution in [1.82, 2.24) is 14.9 Å². The number of amides is 1. The van der Waals surface area contributed by atoms with Gasteiger partial charge < -0.3 is 9.88 Å². The van der Waals surface area contributed by atoms with Crippen molar-refractivity contribution in [1.29, 1.82) is 0 Å². The predicted molar refractivity (Wildman–Crippen MR) is 94.7 cm³/mol. The van der Waals surface area contributed by atoms with E-state index in [1.165, 1.54) is 12.1 Å². The Balaban J connectivity index is 1.55. The van der Waals surface area contributed by atoms with Gasteiger partial charge in [-0.25, -0.2) is 4.39 Å². The van der Waals surface area contributed by atoms with Crippen molar-refractivity contribution < 1.29 is 9.18 Å². The number of hydrogen-bond donors (Lipinski definition) is 1. The molecular formula is C20H20FN3O. The Morgan fingerprint density at radius 2 is 2.04 bits per heavy atom. The average molecular weight is 337 g/mol. The van der Waals surface area contributed by atoms with Gasteiger partial charge in [0.05, 0.1) is 5.41 Å². The maximum Gasteiger partial charge on any atom is 0.233 e. The summed E-state index contributed by atoms with van der Waals surface area (Å²) < 4.78 is 13.7. The number of H-pyrrole nitrogens is 1. The van der Waals surface area contributed by atoms with Gasteiger partial charge in [-0.05, 0) is 60.7 Å². The Labute approximate surface area is 145 Å². The summed E-state index contributed by atoms with van der Waals surface area (Å²) in [5.74, 6) is -0.158. The number of benzene rings is 1. The van der Waals surface area contributed by atoms with Crippen LogP contribution in [0.1, 0.15) is 24.0 Å². The second kappa shape index (κ2) is 5.99. The van der Waals surface area contributed by atoms with Crippen LogP contribution in [0.15, 0.2) is 48.9 Å². The van der Waals surface area contributed by atoms with Crippen LogP contribution in [-0.2, 0) is 16.6 Å². The Bertz CT molecular complexity index is 915. The smallest absolute Gasteiger partial charge is 0.233 e. The van der Waals surface area contributed by atoms with Crippen molar-refractivity contribution in [2.45, 2.75) is 24.7 Å². The Hall–Kier alpha value is -2.69. The first-order chi connectivity index (χ1) is 12.1. The molecule has 1 fully saturated rings. The van der Waals surface area contributed by atoms with Crippen LogP contribution in [-0.4, -0.2) is 34.4 Å². The van der Waals surface area contributed by atoms with E-state index in [2.05, 4.69) is 9.97 Å². The largest absolute Gasteiger partial charge is 0.361 e. The molecular weight excluding hydrogens is 317 g/mol. The molecule has 0 radical (unpaired) electrons. The summed E-state index contributed by atoms with van der Waals surface area (Å²) in [5.41, 5.74) is 2.45. The van der Waals surface area contributed by atoms with E-state index in [0.29, 0.717) is 6.54 Å². The minimum absolute atomic E-state index is 0.117. The molecule has 1 aromatic carbocycles. The van der Waals surface area contributed by atoms with E-state index in [1.807, 2.05) is 25.4 Å². The van der Waals surface area contributed by atoms with Gasteiger partial charge in [-0.2, -0.15) is 0 Å². The molecule has 0 saturated heterocycles. The number of hydrogen-bond acceptors (Lipinski definition) is 2. The number of aromatic nitrogens is 2. The van der Waals surface area contributed by atoms with Crippen molar-refractivity contribution in [3.63, 3.8) is 0 Å². The highest BCUT2D eigenvalue weighted by Gasteiger charge is 2.53. The molecule has 0 unspecified atom stereocenters. The maximum absolute atomic E-state index is 13.7. The molecule has 0 atom stereocenters. The zero-order valence-corrected chi connectivity index (χ0v) is 14.1. The molecule has 3 aromatic rings. The minimum Gasteiger partial charge on any atom is -0.361 e. The topological polar surface area (TPSA) is 49.0 Å². The first-order valence-electron chi connectivity index (χ1n) is 8.52. The van der Waals surface area contributed by atoms with Crippen molar-refractivity contribution in [2.24, 2.45) is 0 Å². The second-order valence-electron chi connectivity index (χ2n) is 6.81. The molecule has 1 aliphatic carbocycles. The van der Waals surface area contributed by atoms with Gasteiger partial charge in [0.25, 0.3) is 0 Å². The summed E-state index contributed by atoms with van der Waals surface area (Å²) in [6, 6.07) is 8.61. The normalized spacial score (nSPS) is 15.3. The predicted octanol–water partition coefficient (Wildman–Crippen LogP) is 3.43. The molecule has 0 aliphatic heterocycles. The van der Waals surface area contributed by atoms with Gasteiger partial charge >= 0.3 is 0 Å². The van der Waals surface area contributed by atoms with Gasteiger partial charge in [-0.3, -0.25) is 9.78 Å². The highest BCUT2D eigenvalue weighted by molar-refractivity contribution is 5.97. The van der Waals surface area contributed by atoms with Crippen LogP contribution >= 0.6 is 0 Å². The molecule has 2 aromatic heterocycles. The fourth-order valence-corrected chi connectivity index (χ4v) is 3.53. The molecule has 4 nitrogen and oxygen atoms in total. The first-order valence-corrected chi connectivity index (χ1v) is 8.52. The number of nitrogens with one attached hydrogen (secondary N) is 1. The molecule has 0 bridgehead atoms. The number of nitrogens with zero attached hydrogens (tertiary/aromatic N) is 2. The number of halogens is 1. The lowest BCUT2D eigenvalue weighted by atomic mass is 9.93. The number of likely N-dealkylation sites (N-methyl/N-ethyl adjacent to an activating group) is 1. The molecule has 1 saturated carbocycles. The standard InChI is InChI=1S/C20H20FN3O/c1-24(11-6-14-4-9-22-10-5-14)19(25)20(7-8-20)17-13-23-18-3-2-15(21)12-16(17)18/h2-5,9-10,12-13,23H,6-8,11H2,1H3. The number of rotatable bonds is 5. The molecule has 1 amide bonds. The molecule has 4 rings (SSSR count). The van der Waals surface area contributed by atoms with E-state index >= 15 is 0 Å². The Morgan fingerprint density at radius 1 is 1.28 bits per heavy atom. The van der Waals surface area contributed by atoms with Crippen LogP contribution in [0, 0.1) is 5.82 Å². The summed E-state index contributed by atoms with van der Waals surface area (Å²) in [7, 11) is 1.85. The highest BCUT2D eigenvalue weighted by atomic mass is 19.1. The first kappa shape index (κ1) is 15.8. The van der Waals surface area contributed by atoms with Crippen LogP contribution in [0.3, 0.4) is 0 Å². The van der Waals surface area contributed by atoms with Crippen molar-refractivity contribution in [3.05, 3.63) is 65.9 Å². The van der Waals surface area contributed by atoms with E-state index in [9.17, 15) is 9.18 Å². The number of fused-ring (bicyclic) bond motifs is 1. The Kier molecular flexibility index (Phi) is 3.79. The number of aromatic amines is 1. The number of pyridine rings is 1. The molecule has 2 heterocycles. The van der Waals surface area contributed by atoms with Crippen molar-refractivity contribution >= 4 is 16.8 Å². The fourth-order valence-electron chi connectivity index (χ4n) is 3.53. The zero-order chi connectivity index (χ0) is 17.4. The highest BCUT2D eigenvalue weighted by Crippen LogP contribution is 2.51. The summed E-state index contributed by atoms with van der Waals surface area (Å²) in [4.78, 5) is 22.1. The molecule has 0 spiro atoms. The summed E-state index contributed by atoms with van der Waals surface area (Å²) in [6.07, 6.45) is 7.82. The van der Waals surface area contributed by atoms with Gasteiger partial charge in [-0.15, -0.1) is 0 Å². The fraction of sp³-hybridized carbons (Fsp3) is 0.300. The third-order valence-corrected chi connectivity index (χ3v) is 5.15. The van der Waals surface area contributed by atoms with Crippen LogP contribution in [0.5, 0.6) is 0 Å². The maximum atomic E-state index is 13.7. The van der Waals surface area contributed by atoms with Crippen LogP contribution in [0.4, 0.5) is 4.39 Å². The van der Waals surface area contributed by atoms with Crippen LogP contribution in [0.2, 0.25) is 0 Å². The van der Waals surface area contributed by atoms with E-state index in [0.717, 1.165) is 41.3 Å². The minimum atomic E-state index is -0.501. The molecule has 1 aliphatic rings. The van der Waals surface area contributed by atoms with Gasteiger partial charge in [0.2, 0.25) is 5.91 Å². The van der Waals surface area contributed by atoms with E-state index in [-0.39, 0.29) is 11.7 Å². The molecule has 5 heteroatoms. The van der Waals surface area contributed by atoms with Gasteiger partial charge in [0.1, 0.15) is 5.82 Å².